The van der Waals surface area contributed by atoms with E-state index in [9.17, 15) is 19.5 Å². The van der Waals surface area contributed by atoms with Gasteiger partial charge in [-0.2, -0.15) is 0 Å². The smallest absolute Gasteiger partial charge is 0.331 e. The second-order valence-corrected chi connectivity index (χ2v) is 4.62. The molecule has 0 aromatic rings. The van der Waals surface area contributed by atoms with Crippen molar-refractivity contribution in [1.82, 2.24) is 0 Å². The molecule has 1 N–H and O–H groups in total. The van der Waals surface area contributed by atoms with Crippen LogP contribution in [0.3, 0.4) is 0 Å². The van der Waals surface area contributed by atoms with E-state index >= 15 is 0 Å². The number of carbonyl (C=O) groups excluding carboxylic acids is 3. The number of hydrogen-bond acceptors (Lipinski definition) is 6. The van der Waals surface area contributed by atoms with E-state index in [-0.39, 0.29) is 6.42 Å². The monoisotopic (exact) mass is 282 g/mol. The Labute approximate surface area is 117 Å². The molecular weight excluding hydrogens is 264 g/mol. The predicted octanol–water partition coefficient (Wildman–Crippen LogP) is 0.686. The van der Waals surface area contributed by atoms with Gasteiger partial charge in [0.05, 0.1) is 0 Å². The van der Waals surface area contributed by atoms with E-state index in [1.54, 1.807) is 19.9 Å². The Morgan fingerprint density at radius 1 is 1.00 bits per heavy atom. The SMILES string of the molecule is C[C@@H]1C/C=C/C(=O)O[C@@H](C)C[C@@H](O)C(=O)/C=C/C(=O)O1. The second-order valence-electron chi connectivity index (χ2n) is 4.62. The van der Waals surface area contributed by atoms with Gasteiger partial charge in [-0.05, 0) is 19.9 Å². The molecule has 0 bridgehead atoms. The van der Waals surface area contributed by atoms with Crippen molar-refractivity contribution in [1.29, 1.82) is 0 Å². The van der Waals surface area contributed by atoms with Gasteiger partial charge in [0, 0.05) is 25.0 Å². The summed E-state index contributed by atoms with van der Waals surface area (Å²) in [5, 5.41) is 9.62. The number of ketones is 1. The zero-order chi connectivity index (χ0) is 15.1. The van der Waals surface area contributed by atoms with Crippen LogP contribution in [0.15, 0.2) is 24.3 Å². The van der Waals surface area contributed by atoms with Gasteiger partial charge in [0.1, 0.15) is 18.3 Å². The molecule has 1 aliphatic heterocycles. The molecule has 1 aliphatic rings. The van der Waals surface area contributed by atoms with Gasteiger partial charge in [0.25, 0.3) is 0 Å². The standard InChI is InChI=1S/C14H18O6/c1-9-4-3-5-13(17)20-10(2)8-12(16)11(15)6-7-14(18)19-9/h3,5-7,9-10,12,16H,4,8H2,1-2H3/b5-3+,7-6+/t9-,10+,12-/m1/s1. The van der Waals surface area contributed by atoms with Crippen molar-refractivity contribution in [3.8, 4) is 0 Å². The number of ether oxygens (including phenoxy) is 2. The first-order valence-electron chi connectivity index (χ1n) is 6.36. The van der Waals surface area contributed by atoms with E-state index in [4.69, 9.17) is 9.47 Å². The molecule has 0 aromatic carbocycles. The van der Waals surface area contributed by atoms with Gasteiger partial charge in [-0.1, -0.05) is 6.08 Å². The maximum atomic E-state index is 11.5. The quantitative estimate of drug-likeness (QED) is 0.657. The summed E-state index contributed by atoms with van der Waals surface area (Å²) in [5.74, 6) is -1.87. The Kier molecular flexibility index (Phi) is 6.11. The lowest BCUT2D eigenvalue weighted by Gasteiger charge is -2.15. The van der Waals surface area contributed by atoms with Crippen LogP contribution >= 0.6 is 0 Å². The summed E-state index contributed by atoms with van der Waals surface area (Å²) in [7, 11) is 0. The van der Waals surface area contributed by atoms with Crippen LogP contribution in [-0.2, 0) is 23.9 Å². The molecule has 0 amide bonds. The summed E-state index contributed by atoms with van der Waals surface area (Å²) in [6.07, 6.45) is 2.69. The number of rotatable bonds is 0. The molecule has 1 rings (SSSR count). The third-order valence-electron chi connectivity index (χ3n) is 2.62. The van der Waals surface area contributed by atoms with Gasteiger partial charge >= 0.3 is 11.9 Å². The lowest BCUT2D eigenvalue weighted by Crippen LogP contribution is -2.26. The van der Waals surface area contributed by atoms with Crippen molar-refractivity contribution in [2.24, 2.45) is 0 Å². The highest BCUT2D eigenvalue weighted by molar-refractivity contribution is 5.98. The van der Waals surface area contributed by atoms with Gasteiger partial charge in [-0.15, -0.1) is 0 Å². The minimum atomic E-state index is -1.33. The van der Waals surface area contributed by atoms with Crippen LogP contribution in [0.5, 0.6) is 0 Å². The van der Waals surface area contributed by atoms with Crippen LogP contribution in [0.1, 0.15) is 26.7 Å². The predicted molar refractivity (Wildman–Crippen MR) is 69.6 cm³/mol. The second kappa shape index (κ2) is 7.59. The molecule has 1 heterocycles. The molecule has 20 heavy (non-hydrogen) atoms. The third kappa shape index (κ3) is 5.79. The van der Waals surface area contributed by atoms with Crippen molar-refractivity contribution in [2.45, 2.75) is 45.0 Å². The van der Waals surface area contributed by atoms with Crippen molar-refractivity contribution in [3.63, 3.8) is 0 Å². The van der Waals surface area contributed by atoms with E-state index in [2.05, 4.69) is 0 Å². The molecule has 0 fully saturated rings. The molecule has 0 unspecified atom stereocenters. The van der Waals surface area contributed by atoms with Crippen LogP contribution < -0.4 is 0 Å². The average Bonchev–Trinajstić information content (AvgIpc) is 2.34. The maximum absolute atomic E-state index is 11.5. The Morgan fingerprint density at radius 2 is 1.60 bits per heavy atom. The highest BCUT2D eigenvalue weighted by atomic mass is 16.5. The van der Waals surface area contributed by atoms with Crippen LogP contribution in [0, 0.1) is 0 Å². The Hall–Kier alpha value is -1.95. The minimum absolute atomic E-state index is 0.0335. The topological polar surface area (TPSA) is 89.9 Å². The molecule has 3 atom stereocenters. The fourth-order valence-corrected chi connectivity index (χ4v) is 1.62. The van der Waals surface area contributed by atoms with Crippen LogP contribution in [0.4, 0.5) is 0 Å². The van der Waals surface area contributed by atoms with Crippen molar-refractivity contribution < 1.29 is 29.0 Å². The van der Waals surface area contributed by atoms with Crippen molar-refractivity contribution >= 4 is 17.7 Å². The molecule has 110 valence electrons. The van der Waals surface area contributed by atoms with Gasteiger partial charge in [-0.25, -0.2) is 9.59 Å². The zero-order valence-electron chi connectivity index (χ0n) is 11.4. The van der Waals surface area contributed by atoms with Crippen molar-refractivity contribution in [3.05, 3.63) is 24.3 Å². The van der Waals surface area contributed by atoms with Gasteiger partial charge in [-0.3, -0.25) is 4.79 Å². The number of aliphatic hydroxyl groups is 1. The van der Waals surface area contributed by atoms with E-state index in [1.807, 2.05) is 0 Å². The maximum Gasteiger partial charge on any atom is 0.331 e. The van der Waals surface area contributed by atoms with Crippen LogP contribution in [0.2, 0.25) is 0 Å². The number of carbonyl (C=O) groups is 3. The Morgan fingerprint density at radius 3 is 2.30 bits per heavy atom. The minimum Gasteiger partial charge on any atom is -0.459 e. The summed E-state index contributed by atoms with van der Waals surface area (Å²) in [6, 6.07) is 0. The number of cyclic esters (lactones) is 2. The average molecular weight is 282 g/mol. The number of aliphatic hydroxyl groups excluding tert-OH is 1. The molecule has 0 radical (unpaired) electrons. The fraction of sp³-hybridized carbons (Fsp3) is 0.500. The summed E-state index contributed by atoms with van der Waals surface area (Å²) in [5.41, 5.74) is 0. The first-order chi connectivity index (χ1) is 9.38. The molecule has 0 saturated heterocycles. The summed E-state index contributed by atoms with van der Waals surface area (Å²) >= 11 is 0. The Bertz CT molecular complexity index is 437. The van der Waals surface area contributed by atoms with E-state index in [1.165, 1.54) is 6.08 Å². The highest BCUT2D eigenvalue weighted by Crippen LogP contribution is 2.07. The van der Waals surface area contributed by atoms with E-state index in [0.717, 1.165) is 12.2 Å². The molecule has 6 heteroatoms. The van der Waals surface area contributed by atoms with Crippen LogP contribution in [-0.4, -0.2) is 41.1 Å². The Balaban J connectivity index is 2.82. The van der Waals surface area contributed by atoms with Gasteiger partial charge in [0.2, 0.25) is 0 Å². The lowest BCUT2D eigenvalue weighted by atomic mass is 10.1. The summed E-state index contributed by atoms with van der Waals surface area (Å²) < 4.78 is 9.97. The number of esters is 2. The molecular formula is C14H18O6. The fourth-order valence-electron chi connectivity index (χ4n) is 1.62. The molecule has 0 saturated carbocycles. The molecule has 0 aromatic heterocycles. The highest BCUT2D eigenvalue weighted by Gasteiger charge is 2.19. The zero-order valence-corrected chi connectivity index (χ0v) is 11.4. The van der Waals surface area contributed by atoms with Gasteiger partial charge < -0.3 is 14.6 Å². The normalized spacial score (nSPS) is 32.8. The first-order valence-corrected chi connectivity index (χ1v) is 6.36. The summed E-state index contributed by atoms with van der Waals surface area (Å²) in [6.45, 7) is 3.24. The van der Waals surface area contributed by atoms with Crippen LogP contribution in [0.25, 0.3) is 0 Å². The molecule has 0 aliphatic carbocycles. The number of hydrogen-bond donors (Lipinski definition) is 1. The lowest BCUT2D eigenvalue weighted by molar-refractivity contribution is -0.144. The van der Waals surface area contributed by atoms with Crippen molar-refractivity contribution in [2.75, 3.05) is 0 Å². The van der Waals surface area contributed by atoms with Gasteiger partial charge in [0.15, 0.2) is 5.78 Å². The molecule has 0 spiro atoms. The first kappa shape index (κ1) is 16.1. The summed E-state index contributed by atoms with van der Waals surface area (Å²) in [4.78, 5) is 34.3. The molecule has 6 nitrogen and oxygen atoms in total. The largest absolute Gasteiger partial charge is 0.459 e. The van der Waals surface area contributed by atoms with E-state index in [0.29, 0.717) is 6.42 Å². The van der Waals surface area contributed by atoms with E-state index < -0.39 is 36.0 Å². The third-order valence-corrected chi connectivity index (χ3v) is 2.62.